The molecule has 1 aromatic rings. The Morgan fingerprint density at radius 1 is 1.47 bits per heavy atom. The van der Waals surface area contributed by atoms with Gasteiger partial charge >= 0.3 is 0 Å². The van der Waals surface area contributed by atoms with E-state index in [0.29, 0.717) is 16.8 Å². The first-order chi connectivity index (χ1) is 7.34. The van der Waals surface area contributed by atoms with Gasteiger partial charge in [-0.1, -0.05) is 0 Å². The van der Waals surface area contributed by atoms with Gasteiger partial charge in [-0.25, -0.2) is 4.98 Å². The molecule has 2 fully saturated rings. The molecular formula is C9H12N4OS. The van der Waals surface area contributed by atoms with Crippen molar-refractivity contribution < 1.29 is 4.79 Å². The van der Waals surface area contributed by atoms with Crippen molar-refractivity contribution in [1.29, 1.82) is 0 Å². The molecule has 6 heteroatoms. The van der Waals surface area contributed by atoms with Gasteiger partial charge in [0.05, 0.1) is 0 Å². The number of nitrogens with one attached hydrogen (secondary N) is 1. The molecule has 0 saturated carbocycles. The molecule has 2 aliphatic rings. The molecule has 3 rings (SSSR count). The van der Waals surface area contributed by atoms with Crippen LogP contribution in [0.3, 0.4) is 0 Å². The fourth-order valence-electron chi connectivity index (χ4n) is 2.42. The van der Waals surface area contributed by atoms with E-state index in [0.717, 1.165) is 26.2 Å². The maximum atomic E-state index is 12.0. The van der Waals surface area contributed by atoms with Crippen LogP contribution in [-0.2, 0) is 0 Å². The standard InChI is InChI=1S/C9H12N4OS/c14-9(8-11-5-12-15-8)13-3-6-1-10-2-7(6)4-13/h5-7,10H,1-4H2. The van der Waals surface area contributed by atoms with E-state index in [4.69, 9.17) is 0 Å². The van der Waals surface area contributed by atoms with Crippen LogP contribution in [0.2, 0.25) is 0 Å². The molecule has 0 aromatic carbocycles. The monoisotopic (exact) mass is 224 g/mol. The number of rotatable bonds is 1. The van der Waals surface area contributed by atoms with Crippen LogP contribution in [0.25, 0.3) is 0 Å². The Morgan fingerprint density at radius 3 is 2.80 bits per heavy atom. The maximum absolute atomic E-state index is 12.0. The zero-order chi connectivity index (χ0) is 10.3. The second-order valence-electron chi connectivity index (χ2n) is 4.13. The number of nitrogens with zero attached hydrogens (tertiary/aromatic N) is 3. The van der Waals surface area contributed by atoms with Crippen molar-refractivity contribution in [1.82, 2.24) is 19.6 Å². The summed E-state index contributed by atoms with van der Waals surface area (Å²) in [5, 5.41) is 3.87. The van der Waals surface area contributed by atoms with Gasteiger partial charge in [0.2, 0.25) is 5.01 Å². The van der Waals surface area contributed by atoms with E-state index in [1.807, 2.05) is 4.90 Å². The average Bonchev–Trinajstić information content (AvgIpc) is 2.92. The van der Waals surface area contributed by atoms with E-state index in [9.17, 15) is 4.79 Å². The Morgan fingerprint density at radius 2 is 2.20 bits per heavy atom. The molecule has 1 N–H and O–H groups in total. The van der Waals surface area contributed by atoms with Crippen molar-refractivity contribution in [3.8, 4) is 0 Å². The van der Waals surface area contributed by atoms with Crippen LogP contribution < -0.4 is 5.32 Å². The van der Waals surface area contributed by atoms with Gasteiger partial charge in [0.15, 0.2) is 0 Å². The topological polar surface area (TPSA) is 58.1 Å². The number of carbonyl (C=O) groups is 1. The Balaban J connectivity index is 1.72. The number of fused-ring (bicyclic) bond motifs is 1. The Kier molecular flexibility index (Phi) is 2.17. The van der Waals surface area contributed by atoms with E-state index in [1.54, 1.807) is 0 Å². The third kappa shape index (κ3) is 1.53. The van der Waals surface area contributed by atoms with E-state index >= 15 is 0 Å². The van der Waals surface area contributed by atoms with Crippen LogP contribution in [0.5, 0.6) is 0 Å². The number of carbonyl (C=O) groups excluding carboxylic acids is 1. The number of amides is 1. The second-order valence-corrected chi connectivity index (χ2v) is 4.92. The third-order valence-electron chi connectivity index (χ3n) is 3.22. The molecule has 0 bridgehead atoms. The molecule has 2 saturated heterocycles. The molecule has 2 unspecified atom stereocenters. The number of hydrogen-bond acceptors (Lipinski definition) is 5. The highest BCUT2D eigenvalue weighted by atomic mass is 32.1. The molecule has 2 aliphatic heterocycles. The average molecular weight is 224 g/mol. The molecule has 3 heterocycles. The highest BCUT2D eigenvalue weighted by Gasteiger charge is 2.38. The smallest absolute Gasteiger partial charge is 0.284 e. The molecule has 5 nitrogen and oxygen atoms in total. The molecule has 15 heavy (non-hydrogen) atoms. The summed E-state index contributed by atoms with van der Waals surface area (Å²) in [6, 6.07) is 0. The Bertz CT molecular complexity index is 354. The van der Waals surface area contributed by atoms with Gasteiger partial charge in [0.25, 0.3) is 5.91 Å². The molecule has 80 valence electrons. The van der Waals surface area contributed by atoms with Crippen molar-refractivity contribution in [3.05, 3.63) is 11.3 Å². The molecule has 1 amide bonds. The van der Waals surface area contributed by atoms with Crippen LogP contribution in [0, 0.1) is 11.8 Å². The van der Waals surface area contributed by atoms with Crippen LogP contribution >= 0.6 is 11.5 Å². The van der Waals surface area contributed by atoms with Gasteiger partial charge < -0.3 is 10.2 Å². The maximum Gasteiger partial charge on any atom is 0.284 e. The summed E-state index contributed by atoms with van der Waals surface area (Å²) in [6.07, 6.45) is 1.44. The number of likely N-dealkylation sites (tertiary alicyclic amines) is 1. The molecule has 1 aromatic heterocycles. The molecular weight excluding hydrogens is 212 g/mol. The van der Waals surface area contributed by atoms with Gasteiger partial charge in [0.1, 0.15) is 6.33 Å². The Hall–Kier alpha value is -1.01. The highest BCUT2D eigenvalue weighted by Crippen LogP contribution is 2.27. The van der Waals surface area contributed by atoms with E-state index in [-0.39, 0.29) is 5.91 Å². The van der Waals surface area contributed by atoms with E-state index in [1.165, 1.54) is 17.9 Å². The van der Waals surface area contributed by atoms with Crippen molar-refractivity contribution >= 4 is 17.4 Å². The zero-order valence-electron chi connectivity index (χ0n) is 8.22. The van der Waals surface area contributed by atoms with E-state index < -0.39 is 0 Å². The molecule has 2 atom stereocenters. The minimum atomic E-state index is 0.0481. The summed E-state index contributed by atoms with van der Waals surface area (Å²) >= 11 is 1.18. The third-order valence-corrected chi connectivity index (χ3v) is 3.87. The van der Waals surface area contributed by atoms with Crippen LogP contribution in [0.4, 0.5) is 0 Å². The van der Waals surface area contributed by atoms with Gasteiger partial charge in [0, 0.05) is 26.2 Å². The normalized spacial score (nSPS) is 29.5. The lowest BCUT2D eigenvalue weighted by Crippen LogP contribution is -2.31. The lowest BCUT2D eigenvalue weighted by molar-refractivity contribution is 0.0781. The SMILES string of the molecule is O=C(c1ncns1)N1CC2CNCC2C1. The van der Waals surface area contributed by atoms with Gasteiger partial charge in [-0.15, -0.1) is 0 Å². The fraction of sp³-hybridized carbons (Fsp3) is 0.667. The summed E-state index contributed by atoms with van der Waals surface area (Å²) in [4.78, 5) is 17.8. The number of hydrogen-bond donors (Lipinski definition) is 1. The quantitative estimate of drug-likeness (QED) is 0.719. The Labute approximate surface area is 91.7 Å². The molecule has 0 aliphatic carbocycles. The summed E-state index contributed by atoms with van der Waals surface area (Å²) in [6.45, 7) is 3.83. The minimum absolute atomic E-state index is 0.0481. The fourth-order valence-corrected chi connectivity index (χ4v) is 2.92. The van der Waals surface area contributed by atoms with Crippen LogP contribution in [0.1, 0.15) is 9.80 Å². The summed E-state index contributed by atoms with van der Waals surface area (Å²) < 4.78 is 3.86. The van der Waals surface area contributed by atoms with Crippen molar-refractivity contribution in [2.75, 3.05) is 26.2 Å². The largest absolute Gasteiger partial charge is 0.336 e. The molecule has 0 radical (unpaired) electrons. The first-order valence-electron chi connectivity index (χ1n) is 5.11. The number of aromatic nitrogens is 2. The van der Waals surface area contributed by atoms with Crippen molar-refractivity contribution in [3.63, 3.8) is 0 Å². The van der Waals surface area contributed by atoms with Gasteiger partial charge in [-0.2, -0.15) is 4.37 Å². The predicted octanol–water partition coefficient (Wildman–Crippen LogP) is -0.171. The van der Waals surface area contributed by atoms with Crippen molar-refractivity contribution in [2.24, 2.45) is 11.8 Å². The lowest BCUT2D eigenvalue weighted by Gasteiger charge is -2.15. The summed E-state index contributed by atoms with van der Waals surface area (Å²) in [5.41, 5.74) is 0. The van der Waals surface area contributed by atoms with E-state index in [2.05, 4.69) is 14.7 Å². The minimum Gasteiger partial charge on any atom is -0.336 e. The zero-order valence-corrected chi connectivity index (χ0v) is 9.04. The molecule has 0 spiro atoms. The van der Waals surface area contributed by atoms with Crippen LogP contribution in [-0.4, -0.2) is 46.3 Å². The second kappa shape index (κ2) is 3.53. The van der Waals surface area contributed by atoms with Crippen LogP contribution in [0.15, 0.2) is 6.33 Å². The highest BCUT2D eigenvalue weighted by molar-refractivity contribution is 7.07. The van der Waals surface area contributed by atoms with Gasteiger partial charge in [-0.3, -0.25) is 4.79 Å². The first kappa shape index (κ1) is 9.23. The lowest BCUT2D eigenvalue weighted by atomic mass is 10.0. The predicted molar refractivity (Wildman–Crippen MR) is 55.7 cm³/mol. The van der Waals surface area contributed by atoms with Crippen molar-refractivity contribution in [2.45, 2.75) is 0 Å². The summed E-state index contributed by atoms with van der Waals surface area (Å²) in [7, 11) is 0. The van der Waals surface area contributed by atoms with Gasteiger partial charge in [-0.05, 0) is 23.4 Å². The summed E-state index contributed by atoms with van der Waals surface area (Å²) in [5.74, 6) is 1.33. The first-order valence-corrected chi connectivity index (χ1v) is 5.88.